The van der Waals surface area contributed by atoms with E-state index in [-0.39, 0.29) is 5.41 Å². The highest BCUT2D eigenvalue weighted by Crippen LogP contribution is 2.35. The lowest BCUT2D eigenvalue weighted by Crippen LogP contribution is -2.25. The molecule has 2 rings (SSSR count). The molecule has 2 heterocycles. The highest BCUT2D eigenvalue weighted by atomic mass is 35.5. The highest BCUT2D eigenvalue weighted by Gasteiger charge is 2.33. The van der Waals surface area contributed by atoms with Crippen molar-refractivity contribution < 1.29 is 0 Å². The van der Waals surface area contributed by atoms with Crippen LogP contribution in [0.5, 0.6) is 0 Å². The summed E-state index contributed by atoms with van der Waals surface area (Å²) in [5, 5.41) is 3.25. The molecular weight excluding hydrogens is 216 g/mol. The van der Waals surface area contributed by atoms with Crippen LogP contribution >= 0.6 is 22.9 Å². The molecule has 1 atom stereocenters. The van der Waals surface area contributed by atoms with Crippen LogP contribution in [0.25, 0.3) is 0 Å². The van der Waals surface area contributed by atoms with Crippen LogP contribution in [0.15, 0.2) is 5.38 Å². The molecular formula is C10H15ClN2S. The fraction of sp³-hybridized carbons (Fsp3) is 0.700. The third-order valence-electron chi connectivity index (χ3n) is 2.76. The number of hydrogen-bond acceptors (Lipinski definition) is 3. The van der Waals surface area contributed by atoms with Crippen LogP contribution in [-0.2, 0) is 0 Å². The predicted octanol–water partition coefficient (Wildman–Crippen LogP) is 2.91. The van der Waals surface area contributed by atoms with E-state index < -0.39 is 0 Å². The lowest BCUT2D eigenvalue weighted by atomic mass is 9.93. The van der Waals surface area contributed by atoms with Crippen LogP contribution < -0.4 is 4.90 Å². The van der Waals surface area contributed by atoms with Gasteiger partial charge in [0.1, 0.15) is 0 Å². The third-order valence-corrected chi connectivity index (χ3v) is 4.42. The number of halogens is 1. The molecule has 4 heteroatoms. The van der Waals surface area contributed by atoms with Crippen LogP contribution in [0.3, 0.4) is 0 Å². The minimum atomic E-state index is 0.279. The normalized spacial score (nSPS) is 27.2. The molecule has 14 heavy (non-hydrogen) atoms. The fourth-order valence-corrected chi connectivity index (χ4v) is 2.83. The van der Waals surface area contributed by atoms with Crippen molar-refractivity contribution in [3.63, 3.8) is 0 Å². The lowest BCUT2D eigenvalue weighted by molar-refractivity contribution is 0.425. The summed E-state index contributed by atoms with van der Waals surface area (Å²) in [5.41, 5.74) is 1.39. The molecule has 0 saturated carbocycles. The standard InChI is InChI=1S/C10H15ClN2S/c1-8-5-14-9(12-8)13-4-3-10(2,6-11)7-13/h5H,3-4,6-7H2,1-2H3. The molecule has 2 nitrogen and oxygen atoms in total. The predicted molar refractivity (Wildman–Crippen MR) is 62.5 cm³/mol. The summed E-state index contributed by atoms with van der Waals surface area (Å²) < 4.78 is 0. The van der Waals surface area contributed by atoms with Crippen LogP contribution in [0.4, 0.5) is 5.13 Å². The van der Waals surface area contributed by atoms with E-state index in [9.17, 15) is 0 Å². The molecule has 0 amide bonds. The second-order valence-corrected chi connectivity index (χ2v) is 5.49. The van der Waals surface area contributed by atoms with Gasteiger partial charge in [0, 0.05) is 29.8 Å². The maximum Gasteiger partial charge on any atom is 0.185 e. The Bertz CT molecular complexity index is 326. The monoisotopic (exact) mass is 230 g/mol. The van der Waals surface area contributed by atoms with Crippen LogP contribution in [0.1, 0.15) is 19.0 Å². The number of alkyl halides is 1. The van der Waals surface area contributed by atoms with E-state index in [1.807, 2.05) is 6.92 Å². The Morgan fingerprint density at radius 3 is 3.00 bits per heavy atom. The molecule has 1 unspecified atom stereocenters. The molecule has 1 aromatic rings. The first-order valence-electron chi connectivity index (χ1n) is 4.86. The maximum absolute atomic E-state index is 5.96. The minimum Gasteiger partial charge on any atom is -0.347 e. The number of aryl methyl sites for hydroxylation is 1. The Kier molecular flexibility index (Phi) is 2.71. The van der Waals surface area contributed by atoms with E-state index in [0.29, 0.717) is 0 Å². The van der Waals surface area contributed by atoms with E-state index >= 15 is 0 Å². The van der Waals surface area contributed by atoms with Gasteiger partial charge in [-0.3, -0.25) is 0 Å². The van der Waals surface area contributed by atoms with Crippen LogP contribution in [-0.4, -0.2) is 24.0 Å². The lowest BCUT2D eigenvalue weighted by Gasteiger charge is -2.21. The third kappa shape index (κ3) is 1.89. The van der Waals surface area contributed by atoms with Crippen molar-refractivity contribution in [2.45, 2.75) is 20.3 Å². The Labute approximate surface area is 93.9 Å². The summed E-state index contributed by atoms with van der Waals surface area (Å²) in [7, 11) is 0. The molecule has 0 N–H and O–H groups in total. The van der Waals surface area contributed by atoms with E-state index in [1.165, 1.54) is 6.42 Å². The Hall–Kier alpha value is -0.280. The van der Waals surface area contributed by atoms with Gasteiger partial charge in [0.05, 0.1) is 5.69 Å². The molecule has 1 aliphatic heterocycles. The average molecular weight is 231 g/mol. The molecule has 1 fully saturated rings. The smallest absolute Gasteiger partial charge is 0.185 e. The first kappa shape index (κ1) is 10.2. The molecule has 1 saturated heterocycles. The van der Waals surface area contributed by atoms with Gasteiger partial charge in [0.2, 0.25) is 0 Å². The van der Waals surface area contributed by atoms with Crippen molar-refractivity contribution in [3.05, 3.63) is 11.1 Å². The number of thiazole rings is 1. The number of nitrogens with zero attached hydrogens (tertiary/aromatic N) is 2. The quantitative estimate of drug-likeness (QED) is 0.727. The molecule has 0 spiro atoms. The second kappa shape index (κ2) is 3.70. The largest absolute Gasteiger partial charge is 0.347 e. The molecule has 0 radical (unpaired) electrons. The molecule has 0 bridgehead atoms. The van der Waals surface area contributed by atoms with Crippen molar-refractivity contribution in [2.24, 2.45) is 5.41 Å². The highest BCUT2D eigenvalue weighted by molar-refractivity contribution is 7.13. The van der Waals surface area contributed by atoms with E-state index in [1.54, 1.807) is 11.3 Å². The van der Waals surface area contributed by atoms with Crippen LogP contribution in [0.2, 0.25) is 0 Å². The van der Waals surface area contributed by atoms with Gasteiger partial charge >= 0.3 is 0 Å². The summed E-state index contributed by atoms with van der Waals surface area (Å²) in [6.45, 7) is 6.43. The second-order valence-electron chi connectivity index (χ2n) is 4.39. The summed E-state index contributed by atoms with van der Waals surface area (Å²) in [6.07, 6.45) is 1.18. The Morgan fingerprint density at radius 1 is 1.71 bits per heavy atom. The van der Waals surface area contributed by atoms with Gasteiger partial charge in [-0.2, -0.15) is 0 Å². The molecule has 0 aliphatic carbocycles. The van der Waals surface area contributed by atoms with Gasteiger partial charge in [0.25, 0.3) is 0 Å². The van der Waals surface area contributed by atoms with Crippen molar-refractivity contribution in [2.75, 3.05) is 23.9 Å². The van der Waals surface area contributed by atoms with Crippen molar-refractivity contribution in [1.82, 2.24) is 4.98 Å². The number of anilines is 1. The number of aromatic nitrogens is 1. The SMILES string of the molecule is Cc1csc(N2CCC(C)(CCl)C2)n1. The van der Waals surface area contributed by atoms with Gasteiger partial charge in [-0.25, -0.2) is 4.98 Å². The molecule has 78 valence electrons. The Morgan fingerprint density at radius 2 is 2.50 bits per heavy atom. The summed E-state index contributed by atoms with van der Waals surface area (Å²) in [4.78, 5) is 6.84. The van der Waals surface area contributed by atoms with Gasteiger partial charge in [0.15, 0.2) is 5.13 Å². The molecule has 1 aliphatic rings. The number of rotatable bonds is 2. The van der Waals surface area contributed by atoms with Crippen LogP contribution in [0, 0.1) is 12.3 Å². The van der Waals surface area contributed by atoms with E-state index in [0.717, 1.165) is 29.8 Å². The summed E-state index contributed by atoms with van der Waals surface area (Å²) >= 11 is 7.69. The first-order chi connectivity index (χ1) is 6.63. The molecule has 0 aromatic carbocycles. The summed E-state index contributed by atoms with van der Waals surface area (Å²) in [5.74, 6) is 0.744. The minimum absolute atomic E-state index is 0.279. The molecule has 1 aromatic heterocycles. The fourth-order valence-electron chi connectivity index (χ4n) is 1.78. The van der Waals surface area contributed by atoms with Gasteiger partial charge in [-0.1, -0.05) is 6.92 Å². The zero-order chi connectivity index (χ0) is 10.2. The number of hydrogen-bond donors (Lipinski definition) is 0. The summed E-state index contributed by atoms with van der Waals surface area (Å²) in [6, 6.07) is 0. The van der Waals surface area contributed by atoms with Crippen molar-refractivity contribution in [1.29, 1.82) is 0 Å². The van der Waals surface area contributed by atoms with E-state index in [2.05, 4.69) is 22.2 Å². The zero-order valence-corrected chi connectivity index (χ0v) is 10.2. The maximum atomic E-state index is 5.96. The van der Waals surface area contributed by atoms with Crippen molar-refractivity contribution >= 4 is 28.1 Å². The van der Waals surface area contributed by atoms with Gasteiger partial charge in [-0.05, 0) is 13.3 Å². The average Bonchev–Trinajstić information content (AvgIpc) is 2.73. The first-order valence-corrected chi connectivity index (χ1v) is 6.27. The van der Waals surface area contributed by atoms with Crippen molar-refractivity contribution in [3.8, 4) is 0 Å². The van der Waals surface area contributed by atoms with E-state index in [4.69, 9.17) is 11.6 Å². The Balaban J connectivity index is 2.09. The van der Waals surface area contributed by atoms with Gasteiger partial charge in [-0.15, -0.1) is 22.9 Å². The topological polar surface area (TPSA) is 16.1 Å². The van der Waals surface area contributed by atoms with Gasteiger partial charge < -0.3 is 4.90 Å². The zero-order valence-electron chi connectivity index (χ0n) is 8.59.